The molecule has 8 heteroatoms. The van der Waals surface area contributed by atoms with E-state index in [1.54, 1.807) is 36.3 Å². The highest BCUT2D eigenvalue weighted by Gasteiger charge is 2.37. The van der Waals surface area contributed by atoms with Crippen LogP contribution in [-0.2, 0) is 13.0 Å². The van der Waals surface area contributed by atoms with Gasteiger partial charge in [-0.05, 0) is 42.0 Å². The van der Waals surface area contributed by atoms with Crippen molar-refractivity contribution in [3.63, 3.8) is 0 Å². The number of rotatable bonds is 3. The highest BCUT2D eigenvalue weighted by molar-refractivity contribution is 5.83. The van der Waals surface area contributed by atoms with E-state index in [0.29, 0.717) is 5.56 Å². The number of halogens is 3. The number of H-pyrrole nitrogens is 1. The molecule has 4 rings (SSSR count). The van der Waals surface area contributed by atoms with Gasteiger partial charge in [0.05, 0.1) is 17.1 Å². The van der Waals surface area contributed by atoms with Crippen LogP contribution in [0.15, 0.2) is 59.7 Å². The second-order valence-electron chi connectivity index (χ2n) is 6.13. The SMILES string of the molecule is Cn1cc(-c2ccc3c(=O)[nH]c(C(F)(F)c4ccc(F)cc4)nc3c2)cn1. The molecular formula is C19H13F3N4O. The van der Waals surface area contributed by atoms with Gasteiger partial charge in [0.1, 0.15) is 5.82 Å². The number of aromatic amines is 1. The molecule has 0 spiro atoms. The largest absolute Gasteiger partial charge is 0.329 e. The number of aryl methyl sites for hydroxylation is 1. The molecule has 136 valence electrons. The maximum atomic E-state index is 14.8. The highest BCUT2D eigenvalue weighted by Crippen LogP contribution is 2.33. The van der Waals surface area contributed by atoms with E-state index in [1.165, 1.54) is 6.07 Å². The fourth-order valence-electron chi connectivity index (χ4n) is 2.83. The summed E-state index contributed by atoms with van der Waals surface area (Å²) in [6.07, 6.45) is 3.39. The van der Waals surface area contributed by atoms with Crippen LogP contribution in [0.25, 0.3) is 22.0 Å². The minimum atomic E-state index is -3.58. The minimum absolute atomic E-state index is 0.136. The van der Waals surface area contributed by atoms with Gasteiger partial charge < -0.3 is 4.98 Å². The third-order valence-electron chi connectivity index (χ3n) is 4.25. The van der Waals surface area contributed by atoms with Crippen molar-refractivity contribution in [2.75, 3.05) is 0 Å². The van der Waals surface area contributed by atoms with Gasteiger partial charge in [-0.1, -0.05) is 6.07 Å². The molecule has 27 heavy (non-hydrogen) atoms. The highest BCUT2D eigenvalue weighted by atomic mass is 19.3. The van der Waals surface area contributed by atoms with Gasteiger partial charge >= 0.3 is 5.92 Å². The Morgan fingerprint density at radius 2 is 1.81 bits per heavy atom. The van der Waals surface area contributed by atoms with E-state index in [0.717, 1.165) is 29.8 Å². The number of benzene rings is 2. The third-order valence-corrected chi connectivity index (χ3v) is 4.25. The van der Waals surface area contributed by atoms with Gasteiger partial charge in [0.15, 0.2) is 5.82 Å². The molecule has 2 aromatic carbocycles. The van der Waals surface area contributed by atoms with Crippen molar-refractivity contribution in [2.24, 2.45) is 7.05 Å². The molecule has 0 saturated heterocycles. The molecule has 2 aromatic heterocycles. The standard InChI is InChI=1S/C19H13F3N4O/c1-26-10-12(9-23-26)11-2-7-15-16(8-11)24-18(25-17(15)27)19(21,22)13-3-5-14(20)6-4-13/h2-10H,1H3,(H,24,25,27). The number of aromatic nitrogens is 4. The lowest BCUT2D eigenvalue weighted by atomic mass is 10.1. The van der Waals surface area contributed by atoms with E-state index in [1.807, 2.05) is 0 Å². The van der Waals surface area contributed by atoms with Gasteiger partial charge in [-0.2, -0.15) is 13.9 Å². The van der Waals surface area contributed by atoms with Crippen molar-refractivity contribution in [1.29, 1.82) is 0 Å². The van der Waals surface area contributed by atoms with Crippen molar-refractivity contribution in [2.45, 2.75) is 5.92 Å². The van der Waals surface area contributed by atoms with Crippen LogP contribution in [0, 0.1) is 5.82 Å². The number of nitrogens with zero attached hydrogens (tertiary/aromatic N) is 3. The predicted octanol–water partition coefficient (Wildman–Crippen LogP) is 3.60. The Hall–Kier alpha value is -3.42. The summed E-state index contributed by atoms with van der Waals surface area (Å²) in [6.45, 7) is 0. The van der Waals surface area contributed by atoms with Crippen molar-refractivity contribution < 1.29 is 13.2 Å². The van der Waals surface area contributed by atoms with Crippen molar-refractivity contribution in [3.8, 4) is 11.1 Å². The van der Waals surface area contributed by atoms with Crippen LogP contribution in [0.1, 0.15) is 11.4 Å². The first kappa shape index (κ1) is 17.0. The van der Waals surface area contributed by atoms with E-state index >= 15 is 0 Å². The molecule has 2 heterocycles. The smallest absolute Gasteiger partial charge is 0.305 e. The molecule has 0 atom stereocenters. The van der Waals surface area contributed by atoms with E-state index in [9.17, 15) is 18.0 Å². The van der Waals surface area contributed by atoms with Gasteiger partial charge in [0, 0.05) is 24.4 Å². The Labute approximate surface area is 151 Å². The van der Waals surface area contributed by atoms with Crippen LogP contribution in [0.4, 0.5) is 13.2 Å². The number of alkyl halides is 2. The first-order valence-corrected chi connectivity index (χ1v) is 8.02. The zero-order valence-corrected chi connectivity index (χ0v) is 14.1. The van der Waals surface area contributed by atoms with Gasteiger partial charge in [-0.15, -0.1) is 0 Å². The Bertz CT molecular complexity index is 1200. The lowest BCUT2D eigenvalue weighted by Crippen LogP contribution is -2.24. The van der Waals surface area contributed by atoms with Crippen LogP contribution < -0.4 is 5.56 Å². The molecule has 0 bridgehead atoms. The van der Waals surface area contributed by atoms with Gasteiger partial charge in [-0.3, -0.25) is 9.48 Å². The normalized spacial score (nSPS) is 11.9. The Balaban J connectivity index is 1.86. The summed E-state index contributed by atoms with van der Waals surface area (Å²) in [5.74, 6) is -5.00. The zero-order chi connectivity index (χ0) is 19.2. The molecule has 0 aliphatic carbocycles. The van der Waals surface area contributed by atoms with Crippen molar-refractivity contribution in [1.82, 2.24) is 19.7 Å². The molecule has 0 fully saturated rings. The van der Waals surface area contributed by atoms with Crippen LogP contribution in [0.2, 0.25) is 0 Å². The molecule has 0 amide bonds. The number of hydrogen-bond acceptors (Lipinski definition) is 3. The Morgan fingerprint density at radius 1 is 1.07 bits per heavy atom. The topological polar surface area (TPSA) is 63.6 Å². The molecule has 4 aromatic rings. The second kappa shape index (κ2) is 6.08. The van der Waals surface area contributed by atoms with Gasteiger partial charge in [-0.25, -0.2) is 9.37 Å². The van der Waals surface area contributed by atoms with Crippen LogP contribution in [0.3, 0.4) is 0 Å². The molecule has 0 aliphatic rings. The quantitative estimate of drug-likeness (QED) is 0.599. The average molecular weight is 370 g/mol. The number of nitrogens with one attached hydrogen (secondary N) is 1. The predicted molar refractivity (Wildman–Crippen MR) is 94.0 cm³/mol. The van der Waals surface area contributed by atoms with Crippen molar-refractivity contribution >= 4 is 10.9 Å². The summed E-state index contributed by atoms with van der Waals surface area (Å²) in [5.41, 5.74) is 0.472. The molecule has 1 N–H and O–H groups in total. The molecular weight excluding hydrogens is 357 g/mol. The van der Waals surface area contributed by atoms with Crippen LogP contribution >= 0.6 is 0 Å². The summed E-state index contributed by atoms with van der Waals surface area (Å²) < 4.78 is 44.2. The van der Waals surface area contributed by atoms with E-state index in [2.05, 4.69) is 15.1 Å². The first-order valence-electron chi connectivity index (χ1n) is 8.02. The second-order valence-corrected chi connectivity index (χ2v) is 6.13. The molecule has 5 nitrogen and oxygen atoms in total. The number of fused-ring (bicyclic) bond motifs is 1. The monoisotopic (exact) mass is 370 g/mol. The van der Waals surface area contributed by atoms with Gasteiger partial charge in [0.25, 0.3) is 5.56 Å². The Kier molecular flexibility index (Phi) is 3.83. The summed E-state index contributed by atoms with van der Waals surface area (Å²) in [4.78, 5) is 18.4. The average Bonchev–Trinajstić information content (AvgIpc) is 3.08. The molecule has 0 saturated carbocycles. The summed E-state index contributed by atoms with van der Waals surface area (Å²) >= 11 is 0. The fraction of sp³-hybridized carbons (Fsp3) is 0.105. The van der Waals surface area contributed by atoms with E-state index in [-0.39, 0.29) is 10.9 Å². The van der Waals surface area contributed by atoms with Gasteiger partial charge in [0.2, 0.25) is 0 Å². The maximum Gasteiger partial charge on any atom is 0.329 e. The maximum absolute atomic E-state index is 14.8. The lowest BCUT2D eigenvalue weighted by Gasteiger charge is -2.16. The van der Waals surface area contributed by atoms with Crippen LogP contribution in [0.5, 0.6) is 0 Å². The lowest BCUT2D eigenvalue weighted by molar-refractivity contribution is 0.0329. The van der Waals surface area contributed by atoms with Crippen LogP contribution in [-0.4, -0.2) is 19.7 Å². The minimum Gasteiger partial charge on any atom is -0.305 e. The van der Waals surface area contributed by atoms with E-state index in [4.69, 9.17) is 0 Å². The fourth-order valence-corrected chi connectivity index (χ4v) is 2.83. The Morgan fingerprint density at radius 3 is 2.48 bits per heavy atom. The molecule has 0 unspecified atom stereocenters. The summed E-state index contributed by atoms with van der Waals surface area (Å²) in [7, 11) is 1.76. The van der Waals surface area contributed by atoms with Crippen molar-refractivity contribution in [3.05, 3.63) is 82.4 Å². The number of hydrogen-bond donors (Lipinski definition) is 1. The first-order chi connectivity index (χ1) is 12.8. The third kappa shape index (κ3) is 2.99. The summed E-state index contributed by atoms with van der Waals surface area (Å²) in [6, 6.07) is 8.59. The zero-order valence-electron chi connectivity index (χ0n) is 14.1. The van der Waals surface area contributed by atoms with E-state index < -0.39 is 28.7 Å². The summed E-state index contributed by atoms with van der Waals surface area (Å²) in [5, 5.41) is 4.27. The molecule has 0 aliphatic heterocycles. The molecule has 0 radical (unpaired) electrons.